The highest BCUT2D eigenvalue weighted by Crippen LogP contribution is 2.12. The van der Waals surface area contributed by atoms with Crippen LogP contribution in [-0.2, 0) is 4.74 Å². The zero-order valence-corrected chi connectivity index (χ0v) is 9.38. The first kappa shape index (κ1) is 10.5. The Balaban J connectivity index is 2.77. The van der Waals surface area contributed by atoms with Crippen molar-refractivity contribution < 1.29 is 13.9 Å². The van der Waals surface area contributed by atoms with Gasteiger partial charge in [0.1, 0.15) is 9.39 Å². The second-order valence-corrected chi connectivity index (χ2v) is 3.88. The molecule has 1 N–H and O–H groups in total. The SMILES string of the molecule is CC(C)OC(=O)c1cc(F)c(I)[nH]1. The number of H-pyrrole nitrogens is 1. The summed E-state index contributed by atoms with van der Waals surface area (Å²) in [5.74, 6) is -0.965. The Kier molecular flexibility index (Phi) is 3.29. The van der Waals surface area contributed by atoms with Crippen LogP contribution >= 0.6 is 22.6 Å². The quantitative estimate of drug-likeness (QED) is 0.672. The number of aromatic nitrogens is 1. The third-order valence-electron chi connectivity index (χ3n) is 1.29. The minimum Gasteiger partial charge on any atom is -0.458 e. The van der Waals surface area contributed by atoms with E-state index < -0.39 is 11.8 Å². The van der Waals surface area contributed by atoms with E-state index in [1.807, 2.05) is 0 Å². The molecule has 1 heterocycles. The van der Waals surface area contributed by atoms with E-state index in [4.69, 9.17) is 4.74 Å². The fourth-order valence-corrected chi connectivity index (χ4v) is 1.24. The van der Waals surface area contributed by atoms with Crippen molar-refractivity contribution in [1.82, 2.24) is 4.98 Å². The Morgan fingerprint density at radius 2 is 2.31 bits per heavy atom. The maximum Gasteiger partial charge on any atom is 0.355 e. The Hall–Kier alpha value is -0.590. The van der Waals surface area contributed by atoms with Crippen molar-refractivity contribution in [1.29, 1.82) is 0 Å². The predicted molar refractivity (Wildman–Crippen MR) is 54.0 cm³/mol. The summed E-state index contributed by atoms with van der Waals surface area (Å²) in [4.78, 5) is 13.8. The molecular weight excluding hydrogens is 288 g/mol. The number of rotatable bonds is 2. The summed E-state index contributed by atoms with van der Waals surface area (Å²) < 4.78 is 18.0. The van der Waals surface area contributed by atoms with Crippen molar-refractivity contribution in [2.24, 2.45) is 0 Å². The summed E-state index contributed by atoms with van der Waals surface area (Å²) in [7, 11) is 0. The molecule has 0 atom stereocenters. The molecule has 3 nitrogen and oxygen atoms in total. The van der Waals surface area contributed by atoms with Gasteiger partial charge in [0.2, 0.25) is 0 Å². The smallest absolute Gasteiger partial charge is 0.355 e. The molecule has 0 aliphatic heterocycles. The number of carbonyl (C=O) groups is 1. The number of halogens is 2. The fourth-order valence-electron chi connectivity index (χ4n) is 0.792. The summed E-state index contributed by atoms with van der Waals surface area (Å²) in [6.45, 7) is 3.48. The van der Waals surface area contributed by atoms with E-state index in [9.17, 15) is 9.18 Å². The highest BCUT2D eigenvalue weighted by molar-refractivity contribution is 14.1. The van der Waals surface area contributed by atoms with Gasteiger partial charge in [-0.05, 0) is 36.4 Å². The van der Waals surface area contributed by atoms with Crippen LogP contribution in [0.5, 0.6) is 0 Å². The van der Waals surface area contributed by atoms with Gasteiger partial charge in [-0.25, -0.2) is 9.18 Å². The molecule has 72 valence electrons. The van der Waals surface area contributed by atoms with Crippen molar-refractivity contribution >= 4 is 28.6 Å². The van der Waals surface area contributed by atoms with E-state index in [0.29, 0.717) is 3.70 Å². The minimum absolute atomic E-state index is 0.149. The zero-order chi connectivity index (χ0) is 10.0. The lowest BCUT2D eigenvalue weighted by molar-refractivity contribution is 0.0371. The summed E-state index contributed by atoms with van der Waals surface area (Å²) >= 11 is 1.77. The molecule has 0 amide bonds. The topological polar surface area (TPSA) is 42.1 Å². The van der Waals surface area contributed by atoms with Gasteiger partial charge in [-0.2, -0.15) is 0 Å². The summed E-state index contributed by atoms with van der Waals surface area (Å²) in [5.41, 5.74) is 0.149. The molecule has 0 saturated carbocycles. The molecule has 1 aromatic rings. The summed E-state index contributed by atoms with van der Waals surface area (Å²) in [5, 5.41) is 0. The van der Waals surface area contributed by atoms with Gasteiger partial charge in [-0.1, -0.05) is 0 Å². The van der Waals surface area contributed by atoms with E-state index in [2.05, 4.69) is 4.98 Å². The highest BCUT2D eigenvalue weighted by atomic mass is 127. The first-order valence-electron chi connectivity index (χ1n) is 3.75. The van der Waals surface area contributed by atoms with Gasteiger partial charge in [0, 0.05) is 6.07 Å². The lowest BCUT2D eigenvalue weighted by Gasteiger charge is -2.05. The third-order valence-corrected chi connectivity index (χ3v) is 2.07. The highest BCUT2D eigenvalue weighted by Gasteiger charge is 2.14. The Labute approximate surface area is 88.8 Å². The van der Waals surface area contributed by atoms with Crippen molar-refractivity contribution in [3.63, 3.8) is 0 Å². The summed E-state index contributed by atoms with van der Waals surface area (Å²) in [6, 6.07) is 1.13. The number of nitrogens with one attached hydrogen (secondary N) is 1. The van der Waals surface area contributed by atoms with E-state index in [1.54, 1.807) is 36.4 Å². The lowest BCUT2D eigenvalue weighted by Crippen LogP contribution is -2.11. The van der Waals surface area contributed by atoms with Crippen molar-refractivity contribution in [3.8, 4) is 0 Å². The second kappa shape index (κ2) is 4.08. The lowest BCUT2D eigenvalue weighted by atomic mass is 10.4. The second-order valence-electron chi connectivity index (χ2n) is 2.80. The molecule has 13 heavy (non-hydrogen) atoms. The molecule has 0 radical (unpaired) electrons. The number of carbonyl (C=O) groups excluding carboxylic acids is 1. The van der Waals surface area contributed by atoms with Gasteiger partial charge in [0.05, 0.1) is 6.10 Å². The van der Waals surface area contributed by atoms with E-state index >= 15 is 0 Å². The van der Waals surface area contributed by atoms with E-state index in [0.717, 1.165) is 6.07 Å². The molecule has 0 spiro atoms. The Morgan fingerprint density at radius 3 is 2.69 bits per heavy atom. The van der Waals surface area contributed by atoms with Crippen LogP contribution in [0.25, 0.3) is 0 Å². The van der Waals surface area contributed by atoms with Crippen LogP contribution < -0.4 is 0 Å². The standard InChI is InChI=1S/C8H9FINO2/c1-4(2)13-8(12)6-3-5(9)7(10)11-6/h3-4,11H,1-2H3. The molecule has 0 fully saturated rings. The number of hydrogen-bond donors (Lipinski definition) is 1. The maximum absolute atomic E-state index is 12.8. The van der Waals surface area contributed by atoms with E-state index in [-0.39, 0.29) is 11.8 Å². The van der Waals surface area contributed by atoms with Crippen molar-refractivity contribution in [2.75, 3.05) is 0 Å². The molecule has 5 heteroatoms. The zero-order valence-electron chi connectivity index (χ0n) is 7.23. The molecule has 0 aliphatic carbocycles. The number of hydrogen-bond acceptors (Lipinski definition) is 2. The van der Waals surface area contributed by atoms with Gasteiger partial charge in [-0.15, -0.1) is 0 Å². The van der Waals surface area contributed by atoms with Crippen LogP contribution in [-0.4, -0.2) is 17.1 Å². The molecule has 1 rings (SSSR count). The first-order chi connectivity index (χ1) is 6.00. The third kappa shape index (κ3) is 2.68. The number of aromatic amines is 1. The fraction of sp³-hybridized carbons (Fsp3) is 0.375. The average Bonchev–Trinajstić information content (AvgIpc) is 2.31. The number of esters is 1. The summed E-state index contributed by atoms with van der Waals surface area (Å²) in [6.07, 6.45) is -0.198. The van der Waals surface area contributed by atoms with Crippen LogP contribution in [0, 0.1) is 9.52 Å². The van der Waals surface area contributed by atoms with Crippen LogP contribution in [0.3, 0.4) is 0 Å². The molecule has 0 saturated heterocycles. The molecule has 0 aliphatic rings. The average molecular weight is 297 g/mol. The Bertz CT molecular complexity index is 302. The van der Waals surface area contributed by atoms with E-state index in [1.165, 1.54) is 0 Å². The Morgan fingerprint density at radius 1 is 1.69 bits per heavy atom. The molecule has 0 unspecified atom stereocenters. The molecular formula is C8H9FINO2. The van der Waals surface area contributed by atoms with Crippen molar-refractivity contribution in [3.05, 3.63) is 21.3 Å². The van der Waals surface area contributed by atoms with Crippen LogP contribution in [0.1, 0.15) is 24.3 Å². The molecule has 0 bridgehead atoms. The first-order valence-corrected chi connectivity index (χ1v) is 4.83. The normalized spacial score (nSPS) is 10.5. The largest absolute Gasteiger partial charge is 0.458 e. The van der Waals surface area contributed by atoms with Gasteiger partial charge in [-0.3, -0.25) is 0 Å². The van der Waals surface area contributed by atoms with Gasteiger partial charge in [0.15, 0.2) is 5.82 Å². The van der Waals surface area contributed by atoms with Crippen LogP contribution in [0.15, 0.2) is 6.07 Å². The van der Waals surface area contributed by atoms with Crippen molar-refractivity contribution in [2.45, 2.75) is 20.0 Å². The minimum atomic E-state index is -0.531. The van der Waals surface area contributed by atoms with Gasteiger partial charge < -0.3 is 9.72 Å². The van der Waals surface area contributed by atoms with Crippen LogP contribution in [0.2, 0.25) is 0 Å². The van der Waals surface area contributed by atoms with Gasteiger partial charge in [0.25, 0.3) is 0 Å². The maximum atomic E-state index is 12.8. The molecule has 1 aromatic heterocycles. The monoisotopic (exact) mass is 297 g/mol. The van der Waals surface area contributed by atoms with Crippen LogP contribution in [0.4, 0.5) is 4.39 Å². The molecule has 0 aromatic carbocycles. The van der Waals surface area contributed by atoms with Gasteiger partial charge >= 0.3 is 5.97 Å². The predicted octanol–water partition coefficient (Wildman–Crippen LogP) is 2.32. The number of ether oxygens (including phenoxy) is 1.